The molecule has 0 aromatic rings. The van der Waals surface area contributed by atoms with Gasteiger partial charge in [0.05, 0.1) is 0 Å². The van der Waals surface area contributed by atoms with Gasteiger partial charge in [0.2, 0.25) is 6.00 Å². The minimum atomic E-state index is 0.667. The van der Waals surface area contributed by atoms with Crippen LogP contribution in [0.4, 0.5) is 0 Å². The van der Waals surface area contributed by atoms with E-state index in [0.29, 0.717) is 6.00 Å². The van der Waals surface area contributed by atoms with Crippen molar-refractivity contribution in [3.8, 4) is 0 Å². The van der Waals surface area contributed by atoms with E-state index in [1.165, 1.54) is 0 Å². The van der Waals surface area contributed by atoms with Crippen LogP contribution in [0.3, 0.4) is 0 Å². The first-order valence-electron chi connectivity index (χ1n) is 0.659. The molecule has 23 valence electrons. The maximum atomic E-state index is 8.74. The standard InChI is InChI=1S/CHClNO/c2-1-3-4/h1H. The lowest BCUT2D eigenvalue weighted by Crippen LogP contribution is -1.31. The number of hydrogen-bond acceptors (Lipinski definition) is 2. The molecule has 0 N–H and O–H groups in total. The highest BCUT2D eigenvalue weighted by Crippen LogP contribution is 1.77. The molecule has 0 rings (SSSR count). The lowest BCUT2D eigenvalue weighted by molar-refractivity contribution is 1.50. The number of rotatable bonds is 1. The Balaban J connectivity index is 2.30. The van der Waals surface area contributed by atoms with Crippen molar-refractivity contribution >= 4 is 11.6 Å². The average molecular weight is 78.5 g/mol. The normalized spacial score (nSPS) is 6.25. The van der Waals surface area contributed by atoms with Crippen molar-refractivity contribution in [2.75, 3.05) is 0 Å². The molecule has 0 aliphatic carbocycles. The molecule has 0 bridgehead atoms. The van der Waals surface area contributed by atoms with Crippen molar-refractivity contribution in [1.29, 1.82) is 0 Å². The fourth-order valence-electron chi connectivity index (χ4n) is 0. The van der Waals surface area contributed by atoms with Gasteiger partial charge < -0.3 is 0 Å². The Morgan fingerprint density at radius 1 is 2.00 bits per heavy atom. The summed E-state index contributed by atoms with van der Waals surface area (Å²) in [5, 5.41) is 2.13. The molecule has 0 aliphatic heterocycles. The molecule has 0 saturated carbocycles. The predicted molar refractivity (Wildman–Crippen MR) is 15.9 cm³/mol. The zero-order valence-corrected chi connectivity index (χ0v) is 2.57. The van der Waals surface area contributed by atoms with Crippen LogP contribution >= 0.6 is 11.6 Å². The van der Waals surface area contributed by atoms with E-state index in [2.05, 4.69) is 16.8 Å². The number of hydrogen-bond donors (Lipinski definition) is 0. The quantitative estimate of drug-likeness (QED) is 0.341. The van der Waals surface area contributed by atoms with Crippen molar-refractivity contribution in [2.24, 2.45) is 5.18 Å². The van der Waals surface area contributed by atoms with Crippen LogP contribution in [-0.4, -0.2) is 0 Å². The molecule has 4 heavy (non-hydrogen) atoms. The van der Waals surface area contributed by atoms with Crippen molar-refractivity contribution in [3.05, 3.63) is 10.9 Å². The van der Waals surface area contributed by atoms with Crippen LogP contribution in [0.15, 0.2) is 5.18 Å². The first-order valence-corrected chi connectivity index (χ1v) is 1.10. The maximum Gasteiger partial charge on any atom is 0.204 e. The van der Waals surface area contributed by atoms with Crippen LogP contribution < -0.4 is 0 Å². The van der Waals surface area contributed by atoms with Crippen molar-refractivity contribution < 1.29 is 0 Å². The van der Waals surface area contributed by atoms with E-state index in [9.17, 15) is 0 Å². The van der Waals surface area contributed by atoms with Gasteiger partial charge in [-0.15, -0.1) is 4.91 Å². The number of halogens is 1. The van der Waals surface area contributed by atoms with Crippen LogP contribution in [-0.2, 0) is 0 Å². The Morgan fingerprint density at radius 3 is 2.25 bits per heavy atom. The Kier molecular flexibility index (Phi) is 2.81. The number of nitrogens with zero attached hydrogens (tertiary/aromatic N) is 1. The Labute approximate surface area is 28.7 Å². The van der Waals surface area contributed by atoms with Crippen molar-refractivity contribution in [1.82, 2.24) is 0 Å². The summed E-state index contributed by atoms with van der Waals surface area (Å²) in [6, 6.07) is 0.667. The van der Waals surface area contributed by atoms with Gasteiger partial charge in [-0.1, -0.05) is 11.6 Å². The molecule has 2 nitrogen and oxygen atoms in total. The molecule has 0 atom stereocenters. The SMILES string of the molecule is O=N[CH]Cl. The molecular weight excluding hydrogens is 77.5 g/mol. The Morgan fingerprint density at radius 2 is 2.25 bits per heavy atom. The molecule has 0 aliphatic rings. The molecule has 0 amide bonds. The Hall–Kier alpha value is -0.110. The third-order valence-corrected chi connectivity index (χ3v) is 0.120. The van der Waals surface area contributed by atoms with Gasteiger partial charge in [0.25, 0.3) is 0 Å². The summed E-state index contributed by atoms with van der Waals surface area (Å²) < 4.78 is 0. The summed E-state index contributed by atoms with van der Waals surface area (Å²) >= 11 is 4.58. The smallest absolute Gasteiger partial charge is 0.149 e. The van der Waals surface area contributed by atoms with E-state index in [0.717, 1.165) is 0 Å². The second kappa shape index (κ2) is 2.89. The summed E-state index contributed by atoms with van der Waals surface area (Å²) in [7, 11) is 0. The molecule has 0 unspecified atom stereocenters. The summed E-state index contributed by atoms with van der Waals surface area (Å²) in [4.78, 5) is 8.74. The van der Waals surface area contributed by atoms with Gasteiger partial charge in [-0.25, -0.2) is 0 Å². The summed E-state index contributed by atoms with van der Waals surface area (Å²) in [6.07, 6.45) is 0. The molecular formula is CHClNO. The third-order valence-electron chi connectivity index (χ3n) is 0.0398. The lowest BCUT2D eigenvalue weighted by atomic mass is 11.5. The third kappa shape index (κ3) is 1.89. The molecule has 0 aromatic heterocycles. The Bertz CT molecular complexity index is 22.0. The van der Waals surface area contributed by atoms with E-state index in [4.69, 9.17) is 4.91 Å². The second-order valence-electron chi connectivity index (χ2n) is 0.203. The molecule has 1 radical (unpaired) electrons. The van der Waals surface area contributed by atoms with Gasteiger partial charge in [0.15, 0.2) is 0 Å². The fraction of sp³-hybridized carbons (Fsp3) is 0. The van der Waals surface area contributed by atoms with Gasteiger partial charge in [-0.3, -0.25) is 0 Å². The van der Waals surface area contributed by atoms with E-state index < -0.39 is 0 Å². The molecule has 0 spiro atoms. The minimum Gasteiger partial charge on any atom is -0.149 e. The van der Waals surface area contributed by atoms with Crippen LogP contribution in [0.1, 0.15) is 0 Å². The van der Waals surface area contributed by atoms with Gasteiger partial charge in [0.1, 0.15) is 0 Å². The zero-order valence-electron chi connectivity index (χ0n) is 1.81. The van der Waals surface area contributed by atoms with Crippen LogP contribution in [0.25, 0.3) is 0 Å². The van der Waals surface area contributed by atoms with Gasteiger partial charge in [-0.2, -0.15) is 0 Å². The average Bonchev–Trinajstić information content (AvgIpc) is 1.37. The maximum absolute atomic E-state index is 8.74. The van der Waals surface area contributed by atoms with E-state index >= 15 is 0 Å². The highest BCUT2D eigenvalue weighted by molar-refractivity contribution is 6.22. The van der Waals surface area contributed by atoms with E-state index in [1.54, 1.807) is 0 Å². The largest absolute Gasteiger partial charge is 0.204 e. The molecule has 0 heterocycles. The van der Waals surface area contributed by atoms with Gasteiger partial charge >= 0.3 is 0 Å². The minimum absolute atomic E-state index is 0.667. The monoisotopic (exact) mass is 78.0 g/mol. The highest BCUT2D eigenvalue weighted by Gasteiger charge is 1.57. The van der Waals surface area contributed by atoms with Gasteiger partial charge in [-0.05, 0) is 5.18 Å². The molecule has 3 heteroatoms. The summed E-state index contributed by atoms with van der Waals surface area (Å²) in [5.74, 6) is 0. The van der Waals surface area contributed by atoms with Crippen molar-refractivity contribution in [2.45, 2.75) is 0 Å². The number of nitroso groups, excluding NO2 is 1. The van der Waals surface area contributed by atoms with Crippen LogP contribution in [0, 0.1) is 10.9 Å². The highest BCUT2D eigenvalue weighted by atomic mass is 35.5. The molecule has 0 saturated heterocycles. The molecule has 0 fully saturated rings. The molecule has 0 aromatic carbocycles. The van der Waals surface area contributed by atoms with Crippen LogP contribution in [0.2, 0.25) is 0 Å². The van der Waals surface area contributed by atoms with Gasteiger partial charge in [0, 0.05) is 0 Å². The summed E-state index contributed by atoms with van der Waals surface area (Å²) in [6.45, 7) is 0. The first kappa shape index (κ1) is 3.89. The lowest BCUT2D eigenvalue weighted by Gasteiger charge is -1.47. The zero-order chi connectivity index (χ0) is 3.41. The second-order valence-corrected chi connectivity index (χ2v) is 0.398. The summed E-state index contributed by atoms with van der Waals surface area (Å²) in [5.41, 5.74) is 0. The first-order chi connectivity index (χ1) is 1.91. The van der Waals surface area contributed by atoms with Crippen LogP contribution in [0.5, 0.6) is 0 Å². The topological polar surface area (TPSA) is 29.4 Å². The predicted octanol–water partition coefficient (Wildman–Crippen LogP) is 1.11. The van der Waals surface area contributed by atoms with E-state index in [1.807, 2.05) is 0 Å². The fourth-order valence-corrected chi connectivity index (χ4v) is 0. The van der Waals surface area contributed by atoms with E-state index in [-0.39, 0.29) is 0 Å². The van der Waals surface area contributed by atoms with Crippen molar-refractivity contribution in [3.63, 3.8) is 0 Å².